The molecule has 4 amide bonds. The monoisotopic (exact) mass is 560 g/mol. The van der Waals surface area contributed by atoms with Crippen LogP contribution in [0, 0.1) is 5.92 Å². The first-order chi connectivity index (χ1) is 18.8. The second kappa shape index (κ2) is 14.6. The number of carboxylic acids is 2. The second-order valence-electron chi connectivity index (χ2n) is 9.92. The minimum atomic E-state index is -1.53. The van der Waals surface area contributed by atoms with Gasteiger partial charge in [0.25, 0.3) is 0 Å². The molecular formula is C26H36N6O8. The summed E-state index contributed by atoms with van der Waals surface area (Å²) in [5, 5.41) is 26.5. The van der Waals surface area contributed by atoms with Crippen LogP contribution in [0.3, 0.4) is 0 Å². The molecule has 0 fully saturated rings. The number of nitrogens with two attached hydrogens (primary N) is 2. The molecule has 2 rings (SSSR count). The van der Waals surface area contributed by atoms with Crippen LogP contribution in [0.2, 0.25) is 0 Å². The summed E-state index contributed by atoms with van der Waals surface area (Å²) in [6.07, 6.45) is 0.555. The number of aromatic amines is 1. The normalized spacial score (nSPS) is 14.1. The van der Waals surface area contributed by atoms with E-state index >= 15 is 0 Å². The molecule has 0 saturated carbocycles. The van der Waals surface area contributed by atoms with Crippen molar-refractivity contribution in [2.24, 2.45) is 17.4 Å². The first kappa shape index (κ1) is 31.8. The SMILES string of the molecule is CC(C)CC(NC(=O)C(N)CCC(=O)O)C(=O)NC(CC(N)=O)C(=O)NC(Cc1c[nH]c2ccccc12)C(=O)O. The minimum Gasteiger partial charge on any atom is -0.481 e. The Labute approximate surface area is 230 Å². The summed E-state index contributed by atoms with van der Waals surface area (Å²) < 4.78 is 0. The van der Waals surface area contributed by atoms with Gasteiger partial charge in [-0.15, -0.1) is 0 Å². The van der Waals surface area contributed by atoms with Gasteiger partial charge in [-0.2, -0.15) is 0 Å². The van der Waals surface area contributed by atoms with Crippen molar-refractivity contribution in [3.63, 3.8) is 0 Å². The Morgan fingerprint density at radius 3 is 2.10 bits per heavy atom. The van der Waals surface area contributed by atoms with Crippen molar-refractivity contribution in [3.8, 4) is 0 Å². The van der Waals surface area contributed by atoms with Gasteiger partial charge in [-0.25, -0.2) is 4.79 Å². The van der Waals surface area contributed by atoms with E-state index in [0.717, 1.165) is 10.9 Å². The lowest BCUT2D eigenvalue weighted by Gasteiger charge is -2.25. The number of carboxylic acid groups (broad SMARTS) is 2. The Kier molecular flexibility index (Phi) is 11.6. The zero-order valence-corrected chi connectivity index (χ0v) is 22.3. The van der Waals surface area contributed by atoms with Gasteiger partial charge in [0.2, 0.25) is 23.6 Å². The number of H-pyrrole nitrogens is 1. The van der Waals surface area contributed by atoms with E-state index < -0.39 is 66.2 Å². The van der Waals surface area contributed by atoms with Crippen LogP contribution in [0.4, 0.5) is 0 Å². The third-order valence-corrected chi connectivity index (χ3v) is 6.10. The van der Waals surface area contributed by atoms with Crippen molar-refractivity contribution in [2.75, 3.05) is 0 Å². The summed E-state index contributed by atoms with van der Waals surface area (Å²) in [6.45, 7) is 3.57. The summed E-state index contributed by atoms with van der Waals surface area (Å²) >= 11 is 0. The molecule has 10 N–H and O–H groups in total. The fourth-order valence-electron chi connectivity index (χ4n) is 4.07. The number of aliphatic carboxylic acids is 2. The highest BCUT2D eigenvalue weighted by Crippen LogP contribution is 2.19. The second-order valence-corrected chi connectivity index (χ2v) is 9.92. The van der Waals surface area contributed by atoms with Crippen molar-refractivity contribution >= 4 is 46.5 Å². The molecule has 1 aromatic carbocycles. The van der Waals surface area contributed by atoms with Crippen molar-refractivity contribution in [2.45, 2.75) is 70.1 Å². The highest BCUT2D eigenvalue weighted by Gasteiger charge is 2.32. The number of hydrogen-bond donors (Lipinski definition) is 8. The number of hydrogen-bond acceptors (Lipinski definition) is 7. The van der Waals surface area contributed by atoms with Crippen LogP contribution in [0.25, 0.3) is 10.9 Å². The van der Waals surface area contributed by atoms with Gasteiger partial charge in [-0.05, 0) is 30.4 Å². The molecule has 218 valence electrons. The number of carbonyl (C=O) groups excluding carboxylic acids is 4. The van der Waals surface area contributed by atoms with Gasteiger partial charge in [-0.3, -0.25) is 24.0 Å². The maximum atomic E-state index is 13.1. The first-order valence-electron chi connectivity index (χ1n) is 12.7. The molecule has 4 atom stereocenters. The fourth-order valence-corrected chi connectivity index (χ4v) is 4.07. The molecule has 0 spiro atoms. The summed E-state index contributed by atoms with van der Waals surface area (Å²) in [7, 11) is 0. The highest BCUT2D eigenvalue weighted by molar-refractivity contribution is 5.96. The topological polar surface area (TPSA) is 247 Å². The molecule has 0 bridgehead atoms. The molecule has 0 aliphatic heterocycles. The molecule has 0 radical (unpaired) electrons. The standard InChI is InChI=1S/C26H36N6O8/c1-13(2)9-18(30-23(36)16(27)7-8-22(34)35)24(37)31-19(11-21(28)33)25(38)32-20(26(39)40)10-14-12-29-17-6-4-3-5-15(14)17/h3-6,12-13,16,18-20,29H,7-11,27H2,1-2H3,(H2,28,33)(H,30,36)(H,31,37)(H,32,38)(H,34,35)(H,39,40). The predicted molar refractivity (Wildman–Crippen MR) is 144 cm³/mol. The molecule has 1 heterocycles. The zero-order chi connectivity index (χ0) is 30.0. The number of nitrogens with one attached hydrogen (secondary N) is 4. The third-order valence-electron chi connectivity index (χ3n) is 6.10. The maximum Gasteiger partial charge on any atom is 0.326 e. The van der Waals surface area contributed by atoms with Crippen LogP contribution in [0.5, 0.6) is 0 Å². The third kappa shape index (κ3) is 9.69. The summed E-state index contributed by atoms with van der Waals surface area (Å²) in [5.41, 5.74) is 12.4. The van der Waals surface area contributed by atoms with Crippen LogP contribution in [0.1, 0.15) is 45.1 Å². The molecular weight excluding hydrogens is 524 g/mol. The highest BCUT2D eigenvalue weighted by atomic mass is 16.4. The van der Waals surface area contributed by atoms with Crippen LogP contribution in [-0.2, 0) is 35.2 Å². The lowest BCUT2D eigenvalue weighted by molar-refractivity contribution is -0.142. The number of fused-ring (bicyclic) bond motifs is 1. The number of para-hydroxylation sites is 1. The molecule has 1 aromatic heterocycles. The Bertz CT molecular complexity index is 1240. The van der Waals surface area contributed by atoms with Crippen molar-refractivity contribution in [1.29, 1.82) is 0 Å². The van der Waals surface area contributed by atoms with E-state index in [-0.39, 0.29) is 31.6 Å². The Hall–Kier alpha value is -4.46. The predicted octanol–water partition coefficient (Wildman–Crippen LogP) is -0.637. The average molecular weight is 561 g/mol. The number of aromatic nitrogens is 1. The molecule has 2 aromatic rings. The molecule has 40 heavy (non-hydrogen) atoms. The number of primary amides is 1. The maximum absolute atomic E-state index is 13.1. The molecule has 0 aliphatic rings. The molecule has 0 saturated heterocycles. The number of benzene rings is 1. The van der Waals surface area contributed by atoms with Crippen molar-refractivity contribution in [3.05, 3.63) is 36.0 Å². The van der Waals surface area contributed by atoms with E-state index in [0.29, 0.717) is 5.56 Å². The van der Waals surface area contributed by atoms with E-state index in [4.69, 9.17) is 16.6 Å². The Balaban J connectivity index is 2.17. The summed E-state index contributed by atoms with van der Waals surface area (Å²) in [6, 6.07) is 1.94. The van der Waals surface area contributed by atoms with Gasteiger partial charge >= 0.3 is 11.9 Å². The van der Waals surface area contributed by atoms with Gasteiger partial charge in [0.1, 0.15) is 18.1 Å². The van der Waals surface area contributed by atoms with Gasteiger partial charge < -0.3 is 42.6 Å². The smallest absolute Gasteiger partial charge is 0.326 e. The summed E-state index contributed by atoms with van der Waals surface area (Å²) in [5.74, 6) is -6.02. The number of rotatable bonds is 16. The Morgan fingerprint density at radius 1 is 0.900 bits per heavy atom. The van der Waals surface area contributed by atoms with Gasteiger partial charge in [-0.1, -0.05) is 32.0 Å². The van der Waals surface area contributed by atoms with Crippen LogP contribution in [-0.4, -0.2) is 74.9 Å². The van der Waals surface area contributed by atoms with E-state index in [9.17, 15) is 33.9 Å². The van der Waals surface area contributed by atoms with Crippen molar-refractivity contribution in [1.82, 2.24) is 20.9 Å². The van der Waals surface area contributed by atoms with Crippen LogP contribution in [0.15, 0.2) is 30.5 Å². The van der Waals surface area contributed by atoms with E-state index in [1.807, 2.05) is 12.1 Å². The zero-order valence-electron chi connectivity index (χ0n) is 22.3. The Morgan fingerprint density at radius 2 is 1.50 bits per heavy atom. The van der Waals surface area contributed by atoms with E-state index in [1.165, 1.54) is 0 Å². The quantitative estimate of drug-likeness (QED) is 0.130. The molecule has 14 heteroatoms. The number of amides is 4. The lowest BCUT2D eigenvalue weighted by atomic mass is 10.0. The van der Waals surface area contributed by atoms with Gasteiger partial charge in [0, 0.05) is 29.9 Å². The largest absolute Gasteiger partial charge is 0.481 e. The van der Waals surface area contributed by atoms with Gasteiger partial charge in [0.05, 0.1) is 12.5 Å². The van der Waals surface area contributed by atoms with Crippen molar-refractivity contribution < 1.29 is 39.0 Å². The first-order valence-corrected chi connectivity index (χ1v) is 12.7. The number of carbonyl (C=O) groups is 6. The van der Waals surface area contributed by atoms with E-state index in [1.54, 1.807) is 32.2 Å². The van der Waals surface area contributed by atoms with E-state index in [2.05, 4.69) is 20.9 Å². The van der Waals surface area contributed by atoms with Crippen LogP contribution < -0.4 is 27.4 Å². The lowest BCUT2D eigenvalue weighted by Crippen LogP contribution is -2.58. The average Bonchev–Trinajstić information content (AvgIpc) is 3.28. The molecule has 14 nitrogen and oxygen atoms in total. The summed E-state index contributed by atoms with van der Waals surface area (Å²) in [4.78, 5) is 76.1. The minimum absolute atomic E-state index is 0.0808. The van der Waals surface area contributed by atoms with Gasteiger partial charge in [0.15, 0.2) is 0 Å². The molecule has 4 unspecified atom stereocenters. The van der Waals surface area contributed by atoms with Crippen LogP contribution >= 0.6 is 0 Å². The fraction of sp³-hybridized carbons (Fsp3) is 0.462. The molecule has 0 aliphatic carbocycles.